The molecular formula is C16H14ClNO3S. The molecular weight excluding hydrogens is 322 g/mol. The first-order chi connectivity index (χ1) is 10.6. The van der Waals surface area contributed by atoms with Crippen LogP contribution in [0.4, 0.5) is 0 Å². The van der Waals surface area contributed by atoms with Crippen molar-refractivity contribution >= 4 is 40.9 Å². The first-order valence-corrected chi connectivity index (χ1v) is 7.79. The van der Waals surface area contributed by atoms with E-state index < -0.39 is 5.97 Å². The number of esters is 1. The summed E-state index contributed by atoms with van der Waals surface area (Å²) in [4.78, 5) is 24.1. The van der Waals surface area contributed by atoms with E-state index in [9.17, 15) is 9.59 Å². The number of rotatable bonds is 6. The predicted molar refractivity (Wildman–Crippen MR) is 87.6 cm³/mol. The smallest absolute Gasteiger partial charge is 0.331 e. The summed E-state index contributed by atoms with van der Waals surface area (Å²) in [5.74, 6) is -0.913. The van der Waals surface area contributed by atoms with Crippen molar-refractivity contribution < 1.29 is 14.3 Å². The summed E-state index contributed by atoms with van der Waals surface area (Å²) in [5, 5.41) is 5.19. The molecule has 0 atom stereocenters. The maximum Gasteiger partial charge on any atom is 0.331 e. The highest BCUT2D eigenvalue weighted by molar-refractivity contribution is 7.09. The van der Waals surface area contributed by atoms with Gasteiger partial charge in [-0.25, -0.2) is 4.79 Å². The largest absolute Gasteiger partial charge is 0.452 e. The minimum Gasteiger partial charge on any atom is -0.452 e. The number of amides is 1. The number of carbonyl (C=O) groups is 2. The molecule has 1 N–H and O–H groups in total. The summed E-state index contributed by atoms with van der Waals surface area (Å²) < 4.78 is 4.86. The van der Waals surface area contributed by atoms with Gasteiger partial charge in [0.1, 0.15) is 0 Å². The molecule has 1 aromatic carbocycles. The number of halogens is 1. The van der Waals surface area contributed by atoms with Crippen LogP contribution in [-0.2, 0) is 20.9 Å². The van der Waals surface area contributed by atoms with Gasteiger partial charge < -0.3 is 10.1 Å². The van der Waals surface area contributed by atoms with Gasteiger partial charge in [0, 0.05) is 16.0 Å². The van der Waals surface area contributed by atoms with E-state index in [1.807, 2.05) is 23.6 Å². The highest BCUT2D eigenvalue weighted by atomic mass is 35.5. The van der Waals surface area contributed by atoms with Crippen molar-refractivity contribution in [3.8, 4) is 0 Å². The van der Waals surface area contributed by atoms with Crippen LogP contribution in [0.25, 0.3) is 6.08 Å². The topological polar surface area (TPSA) is 55.4 Å². The standard InChI is InChI=1S/C16H14ClNO3S/c17-13-4-1-3-12(9-13)6-7-16(20)21-11-15(19)18-10-14-5-2-8-22-14/h1-9H,10-11H2,(H,18,19)/b7-6+. The zero-order valence-corrected chi connectivity index (χ0v) is 13.2. The van der Waals surface area contributed by atoms with Crippen LogP contribution in [0.2, 0.25) is 5.02 Å². The van der Waals surface area contributed by atoms with Gasteiger partial charge in [0.25, 0.3) is 5.91 Å². The number of benzene rings is 1. The number of hydrogen-bond donors (Lipinski definition) is 1. The molecule has 0 fully saturated rings. The fraction of sp³-hybridized carbons (Fsp3) is 0.125. The molecule has 4 nitrogen and oxygen atoms in total. The van der Waals surface area contributed by atoms with Gasteiger partial charge in [0.2, 0.25) is 0 Å². The van der Waals surface area contributed by atoms with Crippen molar-refractivity contribution in [1.29, 1.82) is 0 Å². The number of ether oxygens (including phenoxy) is 1. The van der Waals surface area contributed by atoms with Crippen LogP contribution in [0.1, 0.15) is 10.4 Å². The lowest BCUT2D eigenvalue weighted by Gasteiger charge is -2.03. The van der Waals surface area contributed by atoms with Crippen molar-refractivity contribution in [2.45, 2.75) is 6.54 Å². The molecule has 1 aromatic heterocycles. The van der Waals surface area contributed by atoms with E-state index in [1.54, 1.807) is 35.6 Å². The molecule has 1 heterocycles. The Labute approximate surface area is 137 Å². The Morgan fingerprint density at radius 3 is 2.86 bits per heavy atom. The number of carbonyl (C=O) groups excluding carboxylic acids is 2. The molecule has 1 amide bonds. The van der Waals surface area contributed by atoms with Crippen LogP contribution in [-0.4, -0.2) is 18.5 Å². The third kappa shape index (κ3) is 5.71. The van der Waals surface area contributed by atoms with E-state index in [0.717, 1.165) is 10.4 Å². The Balaban J connectivity index is 1.71. The minimum atomic E-state index is -0.578. The zero-order chi connectivity index (χ0) is 15.8. The van der Waals surface area contributed by atoms with Gasteiger partial charge in [-0.05, 0) is 35.2 Å². The maximum absolute atomic E-state index is 11.5. The van der Waals surface area contributed by atoms with Crippen molar-refractivity contribution in [3.05, 3.63) is 63.3 Å². The fourth-order valence-electron chi connectivity index (χ4n) is 1.61. The summed E-state index contributed by atoms with van der Waals surface area (Å²) in [7, 11) is 0. The summed E-state index contributed by atoms with van der Waals surface area (Å²) in [6.07, 6.45) is 2.84. The van der Waals surface area contributed by atoms with Crippen molar-refractivity contribution in [3.63, 3.8) is 0 Å². The molecule has 2 aromatic rings. The van der Waals surface area contributed by atoms with Crippen LogP contribution >= 0.6 is 22.9 Å². The van der Waals surface area contributed by atoms with Gasteiger partial charge in [-0.15, -0.1) is 11.3 Å². The first-order valence-electron chi connectivity index (χ1n) is 6.53. The molecule has 6 heteroatoms. The van der Waals surface area contributed by atoms with E-state index in [4.69, 9.17) is 16.3 Å². The molecule has 2 rings (SSSR count). The van der Waals surface area contributed by atoms with Crippen LogP contribution < -0.4 is 5.32 Å². The van der Waals surface area contributed by atoms with Gasteiger partial charge in [-0.2, -0.15) is 0 Å². The average molecular weight is 336 g/mol. The van der Waals surface area contributed by atoms with Gasteiger partial charge in [-0.1, -0.05) is 29.8 Å². The summed E-state index contributed by atoms with van der Waals surface area (Å²) in [6.45, 7) is 0.135. The molecule has 0 unspecified atom stereocenters. The highest BCUT2D eigenvalue weighted by Gasteiger charge is 2.05. The van der Waals surface area contributed by atoms with E-state index in [2.05, 4.69) is 5.32 Å². The van der Waals surface area contributed by atoms with E-state index in [1.165, 1.54) is 6.08 Å². The third-order valence-corrected chi connectivity index (χ3v) is 3.76. The molecule has 0 spiro atoms. The first kappa shape index (κ1) is 16.3. The van der Waals surface area contributed by atoms with Gasteiger partial charge in [0.05, 0.1) is 6.54 Å². The third-order valence-electron chi connectivity index (χ3n) is 2.65. The second-order valence-electron chi connectivity index (χ2n) is 4.35. The van der Waals surface area contributed by atoms with E-state index in [-0.39, 0.29) is 12.5 Å². The Hall–Kier alpha value is -2.11. The molecule has 0 aliphatic rings. The van der Waals surface area contributed by atoms with E-state index in [0.29, 0.717) is 11.6 Å². The predicted octanol–water partition coefficient (Wildman–Crippen LogP) is 3.27. The van der Waals surface area contributed by atoms with Gasteiger partial charge in [-0.3, -0.25) is 4.79 Å². The minimum absolute atomic E-state index is 0.301. The normalized spacial score (nSPS) is 10.6. The molecule has 0 aliphatic carbocycles. The van der Waals surface area contributed by atoms with Gasteiger partial charge in [0.15, 0.2) is 6.61 Å². The monoisotopic (exact) mass is 335 g/mol. The van der Waals surface area contributed by atoms with Crippen molar-refractivity contribution in [2.24, 2.45) is 0 Å². The van der Waals surface area contributed by atoms with Crippen LogP contribution in [0.5, 0.6) is 0 Å². The Morgan fingerprint density at radius 1 is 1.27 bits per heavy atom. The number of nitrogens with one attached hydrogen (secondary N) is 1. The highest BCUT2D eigenvalue weighted by Crippen LogP contribution is 2.11. The fourth-order valence-corrected chi connectivity index (χ4v) is 2.45. The van der Waals surface area contributed by atoms with Crippen LogP contribution in [0.15, 0.2) is 47.9 Å². The zero-order valence-electron chi connectivity index (χ0n) is 11.6. The summed E-state index contributed by atoms with van der Waals surface area (Å²) in [6, 6.07) is 10.9. The lowest BCUT2D eigenvalue weighted by molar-refractivity contribution is -0.143. The Morgan fingerprint density at radius 2 is 2.14 bits per heavy atom. The average Bonchev–Trinajstić information content (AvgIpc) is 3.02. The summed E-state index contributed by atoms with van der Waals surface area (Å²) >= 11 is 7.39. The molecule has 114 valence electrons. The van der Waals surface area contributed by atoms with Crippen LogP contribution in [0.3, 0.4) is 0 Å². The van der Waals surface area contributed by atoms with Crippen molar-refractivity contribution in [2.75, 3.05) is 6.61 Å². The maximum atomic E-state index is 11.5. The Kier molecular flexibility index (Phi) is 6.18. The second kappa shape index (κ2) is 8.36. The lowest BCUT2D eigenvalue weighted by atomic mass is 10.2. The molecule has 0 saturated heterocycles. The molecule has 22 heavy (non-hydrogen) atoms. The number of hydrogen-bond acceptors (Lipinski definition) is 4. The molecule has 0 radical (unpaired) electrons. The van der Waals surface area contributed by atoms with Crippen molar-refractivity contribution in [1.82, 2.24) is 5.32 Å². The van der Waals surface area contributed by atoms with E-state index >= 15 is 0 Å². The second-order valence-corrected chi connectivity index (χ2v) is 5.82. The molecule has 0 saturated carbocycles. The Bertz CT molecular complexity index is 668. The number of thiophene rings is 1. The van der Waals surface area contributed by atoms with Gasteiger partial charge >= 0.3 is 5.97 Å². The summed E-state index contributed by atoms with van der Waals surface area (Å²) in [5.41, 5.74) is 0.784. The lowest BCUT2D eigenvalue weighted by Crippen LogP contribution is -2.27. The quantitative estimate of drug-likeness (QED) is 0.651. The molecule has 0 bridgehead atoms. The molecule has 0 aliphatic heterocycles. The SMILES string of the molecule is O=C(COC(=O)/C=C/c1cccc(Cl)c1)NCc1cccs1. The van der Waals surface area contributed by atoms with Crippen LogP contribution in [0, 0.1) is 0 Å².